The van der Waals surface area contributed by atoms with Gasteiger partial charge in [0.1, 0.15) is 5.75 Å². The first-order valence-electron chi connectivity index (χ1n) is 10.4. The Morgan fingerprint density at radius 2 is 1.68 bits per heavy atom. The fourth-order valence-electron chi connectivity index (χ4n) is 3.01. The normalized spacial score (nSPS) is 11.4. The molecule has 0 aliphatic heterocycles. The lowest BCUT2D eigenvalue weighted by atomic mass is 10.2. The Morgan fingerprint density at radius 3 is 2.29 bits per heavy atom. The van der Waals surface area contributed by atoms with Crippen molar-refractivity contribution in [2.75, 3.05) is 39.5 Å². The van der Waals surface area contributed by atoms with E-state index in [4.69, 9.17) is 14.9 Å². The van der Waals surface area contributed by atoms with Crippen molar-refractivity contribution in [1.29, 1.82) is 0 Å². The summed E-state index contributed by atoms with van der Waals surface area (Å²) in [5.41, 5.74) is 1.97. The molecule has 0 fully saturated rings. The number of aliphatic hydroxyl groups is 2. The molecule has 9 nitrogen and oxygen atoms in total. The molecule has 2 rings (SSSR count). The minimum atomic E-state index is -0.435. The molecule has 0 heterocycles. The Labute approximate surface area is 182 Å². The van der Waals surface area contributed by atoms with Gasteiger partial charge in [-0.1, -0.05) is 0 Å². The highest BCUT2D eigenvalue weighted by Crippen LogP contribution is 2.26. The maximum absolute atomic E-state index is 10.8. The van der Waals surface area contributed by atoms with E-state index in [9.17, 15) is 10.1 Å². The second-order valence-electron chi connectivity index (χ2n) is 7.12. The van der Waals surface area contributed by atoms with Crippen LogP contribution in [-0.2, 0) is 0 Å². The van der Waals surface area contributed by atoms with Gasteiger partial charge in [-0.25, -0.2) is 0 Å². The van der Waals surface area contributed by atoms with Gasteiger partial charge in [-0.05, 0) is 68.6 Å². The number of hydrogen-bond acceptors (Lipinski definition) is 8. The molecule has 9 heteroatoms. The second kappa shape index (κ2) is 13.4. The van der Waals surface area contributed by atoms with Gasteiger partial charge in [0.2, 0.25) is 0 Å². The number of benzene rings is 2. The predicted octanol–water partition coefficient (Wildman–Crippen LogP) is 4.15. The Hall–Kier alpha value is -2.88. The van der Waals surface area contributed by atoms with Crippen LogP contribution >= 0.6 is 0 Å². The standard InChI is InChI=1S/C22H30N4O5/c1-18-17-20(26(29)30)7-10-22(18)24-23-19-5-8-21(9-6-19)31-16-4-2-3-11-25(12-14-27)13-15-28/h5-10,17,27-28H,2-4,11-16H2,1H3. The number of nitro benzene ring substituents is 1. The average Bonchev–Trinajstić information content (AvgIpc) is 2.76. The van der Waals surface area contributed by atoms with E-state index in [0.29, 0.717) is 36.6 Å². The van der Waals surface area contributed by atoms with Crippen LogP contribution in [0.3, 0.4) is 0 Å². The number of unbranched alkanes of at least 4 members (excludes halogenated alkanes) is 2. The van der Waals surface area contributed by atoms with Crippen LogP contribution in [0.5, 0.6) is 5.75 Å². The summed E-state index contributed by atoms with van der Waals surface area (Å²) in [4.78, 5) is 12.4. The van der Waals surface area contributed by atoms with Crippen molar-refractivity contribution in [3.05, 3.63) is 58.1 Å². The van der Waals surface area contributed by atoms with Crippen LogP contribution in [0.4, 0.5) is 17.1 Å². The number of non-ortho nitro benzene ring substituents is 1. The summed E-state index contributed by atoms with van der Waals surface area (Å²) in [7, 11) is 0. The molecule has 0 bridgehead atoms. The summed E-state index contributed by atoms with van der Waals surface area (Å²) < 4.78 is 5.75. The molecule has 0 aliphatic rings. The SMILES string of the molecule is Cc1cc([N+](=O)[O-])ccc1N=Nc1ccc(OCCCCCN(CCO)CCO)cc1. The second-order valence-corrected chi connectivity index (χ2v) is 7.12. The Bertz CT molecular complexity index is 836. The van der Waals surface area contributed by atoms with Gasteiger partial charge in [0, 0.05) is 25.2 Å². The maximum atomic E-state index is 10.8. The number of aryl methyl sites for hydroxylation is 1. The lowest BCUT2D eigenvalue weighted by Crippen LogP contribution is -2.30. The number of aliphatic hydroxyl groups excluding tert-OH is 2. The van der Waals surface area contributed by atoms with Crippen molar-refractivity contribution in [2.24, 2.45) is 10.2 Å². The summed E-state index contributed by atoms with van der Waals surface area (Å²) in [5.74, 6) is 0.757. The lowest BCUT2D eigenvalue weighted by Gasteiger charge is -2.19. The Kier molecular flexibility index (Phi) is 10.6. The van der Waals surface area contributed by atoms with E-state index >= 15 is 0 Å². The molecule has 0 amide bonds. The van der Waals surface area contributed by atoms with Crippen LogP contribution in [-0.4, -0.2) is 59.5 Å². The number of nitrogens with zero attached hydrogens (tertiary/aromatic N) is 4. The Morgan fingerprint density at radius 1 is 0.968 bits per heavy atom. The molecule has 31 heavy (non-hydrogen) atoms. The van der Waals surface area contributed by atoms with Crippen LogP contribution in [0.1, 0.15) is 24.8 Å². The first kappa shape index (κ1) is 24.4. The van der Waals surface area contributed by atoms with Crippen LogP contribution in [0.2, 0.25) is 0 Å². The molecule has 0 saturated heterocycles. The van der Waals surface area contributed by atoms with E-state index in [1.54, 1.807) is 25.1 Å². The fraction of sp³-hybridized carbons (Fsp3) is 0.455. The molecule has 0 spiro atoms. The van der Waals surface area contributed by atoms with Crippen molar-refractivity contribution in [3.63, 3.8) is 0 Å². The zero-order valence-corrected chi connectivity index (χ0v) is 17.8. The van der Waals surface area contributed by atoms with Gasteiger partial charge in [-0.3, -0.25) is 15.0 Å². The van der Waals surface area contributed by atoms with Gasteiger partial charge in [0.15, 0.2) is 0 Å². The molecular formula is C22H30N4O5. The van der Waals surface area contributed by atoms with E-state index in [1.165, 1.54) is 12.1 Å². The number of ether oxygens (including phenoxy) is 1. The molecule has 2 aromatic rings. The largest absolute Gasteiger partial charge is 0.494 e. The molecule has 0 unspecified atom stereocenters. The third kappa shape index (κ3) is 8.79. The van der Waals surface area contributed by atoms with Gasteiger partial charge < -0.3 is 14.9 Å². The van der Waals surface area contributed by atoms with E-state index in [2.05, 4.69) is 10.2 Å². The van der Waals surface area contributed by atoms with Crippen LogP contribution in [0, 0.1) is 17.0 Å². The summed E-state index contributed by atoms with van der Waals surface area (Å²) in [6, 6.07) is 11.8. The number of nitro groups is 1. The van der Waals surface area contributed by atoms with Crippen molar-refractivity contribution < 1.29 is 19.9 Å². The topological polar surface area (TPSA) is 121 Å². The predicted molar refractivity (Wildman–Crippen MR) is 118 cm³/mol. The fourth-order valence-corrected chi connectivity index (χ4v) is 3.01. The highest BCUT2D eigenvalue weighted by atomic mass is 16.6. The smallest absolute Gasteiger partial charge is 0.269 e. The molecule has 0 atom stereocenters. The lowest BCUT2D eigenvalue weighted by molar-refractivity contribution is -0.384. The first-order valence-corrected chi connectivity index (χ1v) is 10.4. The Balaban J connectivity index is 1.73. The van der Waals surface area contributed by atoms with Gasteiger partial charge >= 0.3 is 0 Å². The third-order valence-corrected chi connectivity index (χ3v) is 4.72. The molecule has 0 saturated carbocycles. The molecular weight excluding hydrogens is 400 g/mol. The van der Waals surface area contributed by atoms with E-state index in [0.717, 1.165) is 31.6 Å². The highest BCUT2D eigenvalue weighted by molar-refractivity contribution is 5.51. The molecule has 2 N–H and O–H groups in total. The third-order valence-electron chi connectivity index (χ3n) is 4.72. The first-order chi connectivity index (χ1) is 15.0. The number of rotatable bonds is 14. The van der Waals surface area contributed by atoms with E-state index in [-0.39, 0.29) is 18.9 Å². The van der Waals surface area contributed by atoms with E-state index in [1.807, 2.05) is 17.0 Å². The number of hydrogen-bond donors (Lipinski definition) is 2. The van der Waals surface area contributed by atoms with E-state index < -0.39 is 4.92 Å². The van der Waals surface area contributed by atoms with Crippen molar-refractivity contribution >= 4 is 17.1 Å². The molecule has 0 radical (unpaired) electrons. The van der Waals surface area contributed by atoms with Crippen LogP contribution in [0.15, 0.2) is 52.7 Å². The van der Waals surface area contributed by atoms with Gasteiger partial charge in [-0.2, -0.15) is 10.2 Å². The van der Waals surface area contributed by atoms with Gasteiger partial charge in [-0.15, -0.1) is 0 Å². The summed E-state index contributed by atoms with van der Waals surface area (Å²) in [6.07, 6.45) is 2.92. The zero-order valence-electron chi connectivity index (χ0n) is 17.8. The number of azo groups is 1. The van der Waals surface area contributed by atoms with Crippen LogP contribution < -0.4 is 4.74 Å². The molecule has 2 aromatic carbocycles. The maximum Gasteiger partial charge on any atom is 0.269 e. The minimum Gasteiger partial charge on any atom is -0.494 e. The molecule has 168 valence electrons. The van der Waals surface area contributed by atoms with Crippen molar-refractivity contribution in [3.8, 4) is 5.75 Å². The molecule has 0 aliphatic carbocycles. The monoisotopic (exact) mass is 430 g/mol. The summed E-state index contributed by atoms with van der Waals surface area (Å²) in [5, 5.41) is 37.2. The minimum absolute atomic E-state index is 0.0330. The zero-order chi connectivity index (χ0) is 22.5. The average molecular weight is 431 g/mol. The van der Waals surface area contributed by atoms with Crippen molar-refractivity contribution in [2.45, 2.75) is 26.2 Å². The highest BCUT2D eigenvalue weighted by Gasteiger charge is 2.07. The van der Waals surface area contributed by atoms with Gasteiger partial charge in [0.05, 0.1) is 36.1 Å². The van der Waals surface area contributed by atoms with Gasteiger partial charge in [0.25, 0.3) is 5.69 Å². The quantitative estimate of drug-likeness (QED) is 0.201. The van der Waals surface area contributed by atoms with Crippen LogP contribution in [0.25, 0.3) is 0 Å². The summed E-state index contributed by atoms with van der Waals surface area (Å²) in [6.45, 7) is 4.61. The molecule has 0 aromatic heterocycles. The summed E-state index contributed by atoms with van der Waals surface area (Å²) >= 11 is 0. The van der Waals surface area contributed by atoms with Crippen molar-refractivity contribution in [1.82, 2.24) is 4.90 Å².